The van der Waals surface area contributed by atoms with Gasteiger partial charge in [-0.3, -0.25) is 4.79 Å². The molecule has 0 atom stereocenters. The SMILES string of the molecule is C#CCNC(=O)COC(=O)c1c2c(nc3ccccc13)/C(=C/c1ccc(OC)c(OC)c1)CCC2. The van der Waals surface area contributed by atoms with Gasteiger partial charge >= 0.3 is 5.97 Å². The fraction of sp³-hybridized carbons (Fsp3) is 0.250. The van der Waals surface area contributed by atoms with Crippen LogP contribution >= 0.6 is 0 Å². The van der Waals surface area contributed by atoms with Crippen LogP contribution in [-0.2, 0) is 16.0 Å². The molecule has 0 spiro atoms. The van der Waals surface area contributed by atoms with Crippen LogP contribution in [0.2, 0.25) is 0 Å². The van der Waals surface area contributed by atoms with Crippen LogP contribution in [0, 0.1) is 12.3 Å². The highest BCUT2D eigenvalue weighted by Gasteiger charge is 2.26. The molecule has 1 heterocycles. The lowest BCUT2D eigenvalue weighted by molar-refractivity contribution is -0.123. The van der Waals surface area contributed by atoms with Crippen LogP contribution < -0.4 is 14.8 Å². The van der Waals surface area contributed by atoms with Crippen LogP contribution in [0.5, 0.6) is 11.5 Å². The molecule has 35 heavy (non-hydrogen) atoms. The first-order valence-corrected chi connectivity index (χ1v) is 11.3. The van der Waals surface area contributed by atoms with Gasteiger partial charge in [-0.15, -0.1) is 6.42 Å². The van der Waals surface area contributed by atoms with Crippen LogP contribution in [0.15, 0.2) is 42.5 Å². The Kier molecular flexibility index (Phi) is 7.32. The van der Waals surface area contributed by atoms with E-state index in [9.17, 15) is 9.59 Å². The molecule has 0 unspecified atom stereocenters. The molecule has 7 heteroatoms. The van der Waals surface area contributed by atoms with E-state index < -0.39 is 18.5 Å². The number of rotatable bonds is 7. The predicted molar refractivity (Wildman–Crippen MR) is 134 cm³/mol. The Morgan fingerprint density at radius 1 is 1.11 bits per heavy atom. The third-order valence-electron chi connectivity index (χ3n) is 5.84. The summed E-state index contributed by atoms with van der Waals surface area (Å²) in [6.45, 7) is -0.325. The molecule has 0 saturated carbocycles. The number of fused-ring (bicyclic) bond motifs is 2. The maximum Gasteiger partial charge on any atom is 0.339 e. The Balaban J connectivity index is 1.76. The number of nitrogens with one attached hydrogen (secondary N) is 1. The monoisotopic (exact) mass is 470 g/mol. The number of methoxy groups -OCH3 is 2. The van der Waals surface area contributed by atoms with E-state index in [4.69, 9.17) is 25.6 Å². The van der Waals surface area contributed by atoms with Crippen LogP contribution in [0.3, 0.4) is 0 Å². The first-order chi connectivity index (χ1) is 17.0. The molecular formula is C28H26N2O5. The summed E-state index contributed by atoms with van der Waals surface area (Å²) in [7, 11) is 3.20. The van der Waals surface area contributed by atoms with Crippen molar-refractivity contribution in [3.8, 4) is 23.8 Å². The molecule has 1 amide bonds. The zero-order valence-electron chi connectivity index (χ0n) is 19.7. The van der Waals surface area contributed by atoms with E-state index in [-0.39, 0.29) is 6.54 Å². The summed E-state index contributed by atoms with van der Waals surface area (Å²) in [4.78, 5) is 30.0. The molecule has 0 saturated heterocycles. The molecule has 178 valence electrons. The molecule has 1 aromatic heterocycles. The summed E-state index contributed by atoms with van der Waals surface area (Å²) in [6, 6.07) is 13.2. The zero-order chi connectivity index (χ0) is 24.8. The minimum absolute atomic E-state index is 0.0776. The summed E-state index contributed by atoms with van der Waals surface area (Å²) >= 11 is 0. The Labute approximate surface area is 204 Å². The van der Waals surface area contributed by atoms with E-state index in [0.717, 1.165) is 35.2 Å². The first-order valence-electron chi connectivity index (χ1n) is 11.3. The fourth-order valence-corrected chi connectivity index (χ4v) is 4.26. The number of hydrogen-bond donors (Lipinski definition) is 1. The third kappa shape index (κ3) is 5.12. The average molecular weight is 471 g/mol. The van der Waals surface area contributed by atoms with E-state index in [2.05, 4.69) is 17.3 Å². The number of para-hydroxylation sites is 1. The topological polar surface area (TPSA) is 86.8 Å². The van der Waals surface area contributed by atoms with Crippen molar-refractivity contribution >= 4 is 34.4 Å². The summed E-state index contributed by atoms with van der Waals surface area (Å²) in [5.74, 6) is 2.61. The number of benzene rings is 2. The molecule has 0 aliphatic heterocycles. The second-order valence-corrected chi connectivity index (χ2v) is 8.03. The molecule has 1 aliphatic carbocycles. The fourth-order valence-electron chi connectivity index (χ4n) is 4.26. The van der Waals surface area contributed by atoms with Crippen LogP contribution in [-0.4, -0.2) is 44.2 Å². The van der Waals surface area contributed by atoms with Gasteiger partial charge in [0.05, 0.1) is 37.5 Å². The number of nitrogens with zero attached hydrogens (tertiary/aromatic N) is 1. The second kappa shape index (κ2) is 10.7. The highest BCUT2D eigenvalue weighted by atomic mass is 16.5. The minimum Gasteiger partial charge on any atom is -0.493 e. The van der Waals surface area contributed by atoms with Crippen molar-refractivity contribution < 1.29 is 23.8 Å². The lowest BCUT2D eigenvalue weighted by atomic mass is 9.86. The third-order valence-corrected chi connectivity index (χ3v) is 5.84. The summed E-state index contributed by atoms with van der Waals surface area (Å²) in [5.41, 5.74) is 4.70. The maximum absolute atomic E-state index is 13.2. The quantitative estimate of drug-likeness (QED) is 0.414. The number of amides is 1. The molecular weight excluding hydrogens is 444 g/mol. The lowest BCUT2D eigenvalue weighted by Crippen LogP contribution is -2.29. The molecule has 0 bridgehead atoms. The largest absolute Gasteiger partial charge is 0.493 e. The lowest BCUT2D eigenvalue weighted by Gasteiger charge is -2.22. The van der Waals surface area contributed by atoms with Crippen molar-refractivity contribution in [3.63, 3.8) is 0 Å². The van der Waals surface area contributed by atoms with Crippen LogP contribution in [0.1, 0.15) is 40.0 Å². The van der Waals surface area contributed by atoms with Crippen molar-refractivity contribution in [2.45, 2.75) is 19.3 Å². The van der Waals surface area contributed by atoms with Crippen molar-refractivity contribution in [2.24, 2.45) is 0 Å². The summed E-state index contributed by atoms with van der Waals surface area (Å²) in [6.07, 6.45) is 9.58. The molecule has 2 aromatic carbocycles. The molecule has 0 radical (unpaired) electrons. The Bertz CT molecular complexity index is 1350. The van der Waals surface area contributed by atoms with E-state index in [1.807, 2.05) is 42.5 Å². The minimum atomic E-state index is -0.553. The van der Waals surface area contributed by atoms with Gasteiger partial charge in [-0.25, -0.2) is 9.78 Å². The van der Waals surface area contributed by atoms with Gasteiger partial charge in [-0.1, -0.05) is 30.2 Å². The standard InChI is InChI=1S/C28H26N2O5/c1-4-14-29-25(31)17-35-28(32)26-20-9-5-6-11-22(20)30-27-19(8-7-10-21(26)27)15-18-12-13-23(33-2)24(16-18)34-3/h1,5-6,9,11-13,15-16H,7-8,10,14,17H2,2-3H3,(H,29,31)/b19-15+. The van der Waals surface area contributed by atoms with Crippen LogP contribution in [0.25, 0.3) is 22.6 Å². The number of esters is 1. The molecule has 1 N–H and O–H groups in total. The van der Waals surface area contributed by atoms with Gasteiger partial charge < -0.3 is 19.5 Å². The summed E-state index contributed by atoms with van der Waals surface area (Å²) in [5, 5.41) is 3.20. The van der Waals surface area contributed by atoms with Gasteiger partial charge in [0.2, 0.25) is 0 Å². The molecule has 3 aromatic rings. The van der Waals surface area contributed by atoms with Gasteiger partial charge in [-0.05, 0) is 60.2 Å². The summed E-state index contributed by atoms with van der Waals surface area (Å²) < 4.78 is 16.2. The number of aromatic nitrogens is 1. The normalized spacial score (nSPS) is 13.6. The van der Waals surface area contributed by atoms with Gasteiger partial charge in [0.1, 0.15) is 0 Å². The van der Waals surface area contributed by atoms with Crippen molar-refractivity contribution in [1.82, 2.24) is 10.3 Å². The molecule has 0 fully saturated rings. The number of carbonyl (C=O) groups excluding carboxylic acids is 2. The molecule has 1 aliphatic rings. The Morgan fingerprint density at radius 2 is 1.91 bits per heavy atom. The predicted octanol–water partition coefficient (Wildman–Crippen LogP) is 4.04. The number of pyridine rings is 1. The first kappa shape index (κ1) is 23.8. The van der Waals surface area contributed by atoms with Crippen molar-refractivity contribution in [2.75, 3.05) is 27.4 Å². The number of hydrogen-bond acceptors (Lipinski definition) is 6. The maximum atomic E-state index is 13.2. The Hall–Kier alpha value is -4.31. The van der Waals surface area contributed by atoms with Crippen LogP contribution in [0.4, 0.5) is 0 Å². The number of ether oxygens (including phenoxy) is 3. The van der Waals surface area contributed by atoms with Crippen molar-refractivity contribution in [3.05, 3.63) is 64.8 Å². The smallest absolute Gasteiger partial charge is 0.339 e. The van der Waals surface area contributed by atoms with Gasteiger partial charge in [-0.2, -0.15) is 0 Å². The van der Waals surface area contributed by atoms with E-state index >= 15 is 0 Å². The Morgan fingerprint density at radius 3 is 2.69 bits per heavy atom. The van der Waals surface area contributed by atoms with E-state index in [1.165, 1.54) is 0 Å². The van der Waals surface area contributed by atoms with Gasteiger partial charge in [0.25, 0.3) is 5.91 Å². The number of carbonyl (C=O) groups is 2. The van der Waals surface area contributed by atoms with E-state index in [0.29, 0.717) is 34.4 Å². The van der Waals surface area contributed by atoms with E-state index in [1.54, 1.807) is 14.2 Å². The second-order valence-electron chi connectivity index (χ2n) is 8.03. The highest BCUT2D eigenvalue weighted by Crippen LogP contribution is 2.37. The van der Waals surface area contributed by atoms with Gasteiger partial charge in [0.15, 0.2) is 18.1 Å². The average Bonchev–Trinajstić information content (AvgIpc) is 2.89. The number of terminal acetylenes is 1. The molecule has 4 rings (SSSR count). The molecule has 7 nitrogen and oxygen atoms in total. The number of allylic oxidation sites excluding steroid dienone is 1. The zero-order valence-corrected chi connectivity index (χ0v) is 19.7. The van der Waals surface area contributed by atoms with Crippen molar-refractivity contribution in [1.29, 1.82) is 0 Å². The highest BCUT2D eigenvalue weighted by molar-refractivity contribution is 6.07. The van der Waals surface area contributed by atoms with Gasteiger partial charge in [0, 0.05) is 5.39 Å².